The zero-order valence-corrected chi connectivity index (χ0v) is 15.0. The first-order valence-corrected chi connectivity index (χ1v) is 9.00. The molecule has 0 radical (unpaired) electrons. The molecule has 27 heavy (non-hydrogen) atoms. The van der Waals surface area contributed by atoms with Crippen molar-refractivity contribution in [2.45, 2.75) is 13.0 Å². The van der Waals surface area contributed by atoms with Crippen molar-refractivity contribution >= 4 is 5.91 Å². The largest absolute Gasteiger partial charge is 0.454 e. The highest BCUT2D eigenvalue weighted by atomic mass is 16.7. The van der Waals surface area contributed by atoms with Crippen LogP contribution in [0.2, 0.25) is 0 Å². The van der Waals surface area contributed by atoms with Gasteiger partial charge in [-0.3, -0.25) is 9.48 Å². The van der Waals surface area contributed by atoms with E-state index in [1.165, 1.54) is 5.56 Å². The highest BCUT2D eigenvalue weighted by molar-refractivity contribution is 5.98. The zero-order chi connectivity index (χ0) is 18.4. The topological polar surface area (TPSA) is 56.6 Å². The van der Waals surface area contributed by atoms with Gasteiger partial charge in [0.05, 0.1) is 23.5 Å². The van der Waals surface area contributed by atoms with Crippen molar-refractivity contribution < 1.29 is 14.3 Å². The van der Waals surface area contributed by atoms with E-state index in [1.54, 1.807) is 6.07 Å². The van der Waals surface area contributed by atoms with Gasteiger partial charge in [0.25, 0.3) is 5.91 Å². The molecule has 1 amide bonds. The molecule has 2 aliphatic rings. The number of fused-ring (bicyclic) bond motifs is 2. The summed E-state index contributed by atoms with van der Waals surface area (Å²) in [6.07, 6.45) is 0.783. The SMILES string of the molecule is Cn1nc2c(c1-c1ccccc1)CCN(C(=O)c1cccc3c1OCO3)C2. The average molecular weight is 361 g/mol. The number of amides is 1. The van der Waals surface area contributed by atoms with Crippen LogP contribution in [0, 0.1) is 0 Å². The second-order valence-corrected chi connectivity index (χ2v) is 6.78. The fourth-order valence-corrected chi connectivity index (χ4v) is 3.92. The second-order valence-electron chi connectivity index (χ2n) is 6.78. The zero-order valence-electron chi connectivity index (χ0n) is 15.0. The summed E-state index contributed by atoms with van der Waals surface area (Å²) in [4.78, 5) is 14.9. The van der Waals surface area contributed by atoms with Crippen LogP contribution in [-0.4, -0.2) is 33.9 Å². The third kappa shape index (κ3) is 2.56. The first-order valence-electron chi connectivity index (χ1n) is 9.00. The van der Waals surface area contributed by atoms with Gasteiger partial charge < -0.3 is 14.4 Å². The Morgan fingerprint density at radius 1 is 1.07 bits per heavy atom. The lowest BCUT2D eigenvalue weighted by molar-refractivity contribution is 0.0727. The summed E-state index contributed by atoms with van der Waals surface area (Å²) in [7, 11) is 1.96. The highest BCUT2D eigenvalue weighted by Crippen LogP contribution is 2.37. The van der Waals surface area contributed by atoms with Crippen molar-refractivity contribution in [2.75, 3.05) is 13.3 Å². The fraction of sp³-hybridized carbons (Fsp3) is 0.238. The van der Waals surface area contributed by atoms with E-state index >= 15 is 0 Å². The lowest BCUT2D eigenvalue weighted by atomic mass is 9.99. The highest BCUT2D eigenvalue weighted by Gasteiger charge is 2.30. The smallest absolute Gasteiger partial charge is 0.258 e. The van der Waals surface area contributed by atoms with Crippen molar-refractivity contribution in [3.05, 3.63) is 65.4 Å². The number of carbonyl (C=O) groups is 1. The van der Waals surface area contributed by atoms with Gasteiger partial charge in [0.1, 0.15) is 0 Å². The minimum atomic E-state index is -0.0464. The molecule has 6 nitrogen and oxygen atoms in total. The normalized spacial score (nSPS) is 14.9. The van der Waals surface area contributed by atoms with Gasteiger partial charge in [-0.1, -0.05) is 36.4 Å². The van der Waals surface area contributed by atoms with Crippen LogP contribution in [0.15, 0.2) is 48.5 Å². The van der Waals surface area contributed by atoms with Gasteiger partial charge in [-0.15, -0.1) is 0 Å². The molecule has 0 atom stereocenters. The summed E-state index contributed by atoms with van der Waals surface area (Å²) in [5.74, 6) is 1.12. The van der Waals surface area contributed by atoms with Crippen LogP contribution in [0.1, 0.15) is 21.6 Å². The van der Waals surface area contributed by atoms with Crippen LogP contribution in [0.4, 0.5) is 0 Å². The summed E-state index contributed by atoms with van der Waals surface area (Å²) in [5, 5.41) is 4.69. The van der Waals surface area contributed by atoms with E-state index in [0.29, 0.717) is 30.2 Å². The molecule has 0 saturated carbocycles. The molecule has 5 rings (SSSR count). The first kappa shape index (κ1) is 15.9. The Morgan fingerprint density at radius 2 is 1.93 bits per heavy atom. The summed E-state index contributed by atoms with van der Waals surface area (Å²) >= 11 is 0. The summed E-state index contributed by atoms with van der Waals surface area (Å²) < 4.78 is 12.8. The van der Waals surface area contributed by atoms with E-state index in [9.17, 15) is 4.79 Å². The molecule has 0 bridgehead atoms. The Morgan fingerprint density at radius 3 is 2.78 bits per heavy atom. The molecule has 0 spiro atoms. The van der Waals surface area contributed by atoms with Gasteiger partial charge in [0.2, 0.25) is 6.79 Å². The standard InChI is InChI=1S/C21H19N3O3/c1-23-19(14-6-3-2-4-7-14)15-10-11-24(12-17(15)22-23)21(25)16-8-5-9-18-20(16)27-13-26-18/h2-9H,10-13H2,1H3. The molecule has 0 unspecified atom stereocenters. The number of ether oxygens (including phenoxy) is 2. The second kappa shape index (κ2) is 6.16. The molecule has 0 aliphatic carbocycles. The molecule has 3 aromatic rings. The number of carbonyl (C=O) groups excluding carboxylic acids is 1. The predicted molar refractivity (Wildman–Crippen MR) is 99.7 cm³/mol. The maximum absolute atomic E-state index is 13.1. The van der Waals surface area contributed by atoms with Gasteiger partial charge in [-0.2, -0.15) is 5.10 Å². The average Bonchev–Trinajstić information content (AvgIpc) is 3.30. The van der Waals surface area contributed by atoms with Crippen molar-refractivity contribution in [3.63, 3.8) is 0 Å². The summed E-state index contributed by atoms with van der Waals surface area (Å²) in [6.45, 7) is 1.31. The number of nitrogens with zero attached hydrogens (tertiary/aromatic N) is 3. The Bertz CT molecular complexity index is 1030. The monoisotopic (exact) mass is 361 g/mol. The third-order valence-corrected chi connectivity index (χ3v) is 5.16. The van der Waals surface area contributed by atoms with Crippen molar-refractivity contribution in [1.82, 2.24) is 14.7 Å². The molecule has 0 N–H and O–H groups in total. The third-order valence-electron chi connectivity index (χ3n) is 5.16. The number of hydrogen-bond donors (Lipinski definition) is 0. The Labute approximate surface area is 156 Å². The van der Waals surface area contributed by atoms with Gasteiger partial charge in [0, 0.05) is 24.7 Å². The number of aryl methyl sites for hydroxylation is 1. The summed E-state index contributed by atoms with van der Waals surface area (Å²) in [5.41, 5.74) is 5.02. The lowest BCUT2D eigenvalue weighted by Gasteiger charge is -2.27. The van der Waals surface area contributed by atoms with E-state index in [2.05, 4.69) is 12.1 Å². The van der Waals surface area contributed by atoms with E-state index in [1.807, 2.05) is 47.0 Å². The number of rotatable bonds is 2. The van der Waals surface area contributed by atoms with Gasteiger partial charge in [-0.25, -0.2) is 0 Å². The van der Waals surface area contributed by atoms with E-state index < -0.39 is 0 Å². The number of hydrogen-bond acceptors (Lipinski definition) is 4. The van der Waals surface area contributed by atoms with Crippen molar-refractivity contribution in [2.24, 2.45) is 7.05 Å². The molecule has 2 aliphatic heterocycles. The van der Waals surface area contributed by atoms with Gasteiger partial charge >= 0.3 is 0 Å². The maximum Gasteiger partial charge on any atom is 0.258 e. The lowest BCUT2D eigenvalue weighted by Crippen LogP contribution is -2.36. The molecule has 6 heteroatoms. The van der Waals surface area contributed by atoms with Gasteiger partial charge in [0.15, 0.2) is 11.5 Å². The predicted octanol–water partition coefficient (Wildman–Crippen LogP) is 3.01. The number of para-hydroxylation sites is 1. The van der Waals surface area contributed by atoms with E-state index in [0.717, 1.165) is 23.4 Å². The van der Waals surface area contributed by atoms with Crippen LogP contribution < -0.4 is 9.47 Å². The molecule has 1 aromatic heterocycles. The Kier molecular flexibility index (Phi) is 3.63. The summed E-state index contributed by atoms with van der Waals surface area (Å²) in [6, 6.07) is 15.7. The van der Waals surface area contributed by atoms with Gasteiger partial charge in [-0.05, 0) is 18.6 Å². The minimum Gasteiger partial charge on any atom is -0.454 e. The van der Waals surface area contributed by atoms with Crippen LogP contribution in [0.3, 0.4) is 0 Å². The van der Waals surface area contributed by atoms with Crippen molar-refractivity contribution in [3.8, 4) is 22.8 Å². The number of benzene rings is 2. The number of aromatic nitrogens is 2. The molecule has 3 heterocycles. The van der Waals surface area contributed by atoms with Crippen LogP contribution in [0.25, 0.3) is 11.3 Å². The van der Waals surface area contributed by atoms with Crippen LogP contribution in [0.5, 0.6) is 11.5 Å². The first-order chi connectivity index (χ1) is 13.2. The fourth-order valence-electron chi connectivity index (χ4n) is 3.92. The van der Waals surface area contributed by atoms with Crippen molar-refractivity contribution in [1.29, 1.82) is 0 Å². The Balaban J connectivity index is 1.46. The molecule has 0 fully saturated rings. The Hall–Kier alpha value is -3.28. The molecule has 2 aromatic carbocycles. The molecular formula is C21H19N3O3. The van der Waals surface area contributed by atoms with Crippen LogP contribution >= 0.6 is 0 Å². The van der Waals surface area contributed by atoms with E-state index in [-0.39, 0.29) is 12.7 Å². The molecule has 136 valence electrons. The van der Waals surface area contributed by atoms with E-state index in [4.69, 9.17) is 14.6 Å². The maximum atomic E-state index is 13.1. The minimum absolute atomic E-state index is 0.0464. The molecule has 0 saturated heterocycles. The quantitative estimate of drug-likeness (QED) is 0.704. The van der Waals surface area contributed by atoms with Crippen LogP contribution in [-0.2, 0) is 20.0 Å². The molecular weight excluding hydrogens is 342 g/mol.